The molecular weight excluding hydrogens is 256 g/mol. The fourth-order valence-electron chi connectivity index (χ4n) is 2.57. The van der Waals surface area contributed by atoms with Gasteiger partial charge in [-0.3, -0.25) is 4.79 Å². The summed E-state index contributed by atoms with van der Waals surface area (Å²) in [5.41, 5.74) is 0. The second kappa shape index (κ2) is 7.38. The number of hydrogen-bond acceptors (Lipinski definition) is 4. The maximum Gasteiger partial charge on any atom is 0.225 e. The van der Waals surface area contributed by atoms with Crippen LogP contribution in [0, 0.1) is 5.92 Å². The predicted molar refractivity (Wildman–Crippen MR) is 77.6 cm³/mol. The van der Waals surface area contributed by atoms with Crippen LogP contribution in [0.3, 0.4) is 0 Å². The average Bonchev–Trinajstić information content (AvgIpc) is 3.22. The molecule has 0 spiro atoms. The summed E-state index contributed by atoms with van der Waals surface area (Å²) in [6.07, 6.45) is 3.11. The van der Waals surface area contributed by atoms with Crippen molar-refractivity contribution in [1.29, 1.82) is 0 Å². The first-order valence-corrected chi connectivity index (χ1v) is 7.69. The highest BCUT2D eigenvalue weighted by Gasteiger charge is 2.30. The van der Waals surface area contributed by atoms with Crippen molar-refractivity contribution >= 4 is 5.91 Å². The molecule has 0 radical (unpaired) electrons. The second-order valence-corrected chi connectivity index (χ2v) is 6.25. The molecule has 1 aliphatic heterocycles. The standard InChI is InChI=1S/C15H28N2O3/c1-12(19-3)8-15(18)17(9-13-4-5-13)11-14-10-16(2)6-7-20-14/h12-14H,4-11H2,1-3H3/t12-,14+/m1/s1. The van der Waals surface area contributed by atoms with Gasteiger partial charge in [0.15, 0.2) is 0 Å². The Labute approximate surface area is 122 Å². The van der Waals surface area contributed by atoms with Crippen LogP contribution in [0.5, 0.6) is 0 Å². The van der Waals surface area contributed by atoms with E-state index in [9.17, 15) is 4.79 Å². The van der Waals surface area contributed by atoms with Crippen molar-refractivity contribution in [3.05, 3.63) is 0 Å². The van der Waals surface area contributed by atoms with Gasteiger partial charge in [0.05, 0.1) is 25.2 Å². The maximum atomic E-state index is 12.4. The smallest absolute Gasteiger partial charge is 0.225 e. The van der Waals surface area contributed by atoms with Crippen LogP contribution in [0.4, 0.5) is 0 Å². The van der Waals surface area contributed by atoms with Crippen LogP contribution < -0.4 is 0 Å². The third kappa shape index (κ3) is 5.04. The van der Waals surface area contributed by atoms with E-state index in [2.05, 4.69) is 11.9 Å². The summed E-state index contributed by atoms with van der Waals surface area (Å²) >= 11 is 0. The van der Waals surface area contributed by atoms with E-state index in [0.717, 1.165) is 32.8 Å². The lowest BCUT2D eigenvalue weighted by Gasteiger charge is -2.34. The molecule has 1 amide bonds. The Hall–Kier alpha value is -0.650. The van der Waals surface area contributed by atoms with Crippen LogP contribution >= 0.6 is 0 Å². The van der Waals surface area contributed by atoms with Crippen molar-refractivity contribution in [2.45, 2.75) is 38.4 Å². The molecule has 20 heavy (non-hydrogen) atoms. The molecule has 5 heteroatoms. The summed E-state index contributed by atoms with van der Waals surface area (Å²) in [6, 6.07) is 0. The van der Waals surface area contributed by atoms with Gasteiger partial charge in [-0.1, -0.05) is 0 Å². The Bertz CT molecular complexity index is 320. The molecule has 0 aromatic carbocycles. The average molecular weight is 284 g/mol. The Kier molecular flexibility index (Phi) is 5.81. The third-order valence-corrected chi connectivity index (χ3v) is 4.16. The van der Waals surface area contributed by atoms with E-state index in [0.29, 0.717) is 12.3 Å². The SMILES string of the molecule is CO[C@H](C)CC(=O)N(CC1CC1)C[C@@H]1CN(C)CCO1. The lowest BCUT2D eigenvalue weighted by molar-refractivity contribution is -0.137. The third-order valence-electron chi connectivity index (χ3n) is 4.16. The minimum atomic E-state index is -0.0147. The molecule has 0 aromatic rings. The van der Waals surface area contributed by atoms with E-state index in [1.54, 1.807) is 7.11 Å². The molecule has 5 nitrogen and oxygen atoms in total. The van der Waals surface area contributed by atoms with Crippen LogP contribution in [0.25, 0.3) is 0 Å². The van der Waals surface area contributed by atoms with Gasteiger partial charge in [0.25, 0.3) is 0 Å². The van der Waals surface area contributed by atoms with E-state index < -0.39 is 0 Å². The first-order chi connectivity index (χ1) is 9.58. The van der Waals surface area contributed by atoms with Gasteiger partial charge in [0.2, 0.25) is 5.91 Å². The molecule has 0 aromatic heterocycles. The summed E-state index contributed by atoms with van der Waals surface area (Å²) in [7, 11) is 3.76. The molecule has 1 heterocycles. The number of carbonyl (C=O) groups excluding carboxylic acids is 1. The zero-order valence-electron chi connectivity index (χ0n) is 13.0. The van der Waals surface area contributed by atoms with Crippen molar-refractivity contribution in [3.8, 4) is 0 Å². The number of morpholine rings is 1. The Morgan fingerprint density at radius 2 is 2.20 bits per heavy atom. The zero-order chi connectivity index (χ0) is 14.5. The van der Waals surface area contributed by atoms with E-state index >= 15 is 0 Å². The number of hydrogen-bond donors (Lipinski definition) is 0. The molecular formula is C15H28N2O3. The number of carbonyl (C=O) groups is 1. The van der Waals surface area contributed by atoms with Gasteiger partial charge in [0, 0.05) is 33.3 Å². The Morgan fingerprint density at radius 1 is 1.45 bits per heavy atom. The fourth-order valence-corrected chi connectivity index (χ4v) is 2.57. The van der Waals surface area contributed by atoms with Gasteiger partial charge in [-0.15, -0.1) is 0 Å². The summed E-state index contributed by atoms with van der Waals surface area (Å²) in [5.74, 6) is 0.904. The lowest BCUT2D eigenvalue weighted by atomic mass is 10.2. The van der Waals surface area contributed by atoms with Crippen molar-refractivity contribution < 1.29 is 14.3 Å². The molecule has 0 bridgehead atoms. The van der Waals surface area contributed by atoms with Gasteiger partial charge in [-0.25, -0.2) is 0 Å². The fraction of sp³-hybridized carbons (Fsp3) is 0.933. The molecule has 1 saturated carbocycles. The van der Waals surface area contributed by atoms with E-state index in [1.165, 1.54) is 12.8 Å². The van der Waals surface area contributed by atoms with Crippen molar-refractivity contribution in [1.82, 2.24) is 9.80 Å². The summed E-state index contributed by atoms with van der Waals surface area (Å²) in [5, 5.41) is 0. The van der Waals surface area contributed by atoms with Gasteiger partial charge >= 0.3 is 0 Å². The molecule has 0 unspecified atom stereocenters. The van der Waals surface area contributed by atoms with Crippen molar-refractivity contribution in [2.75, 3.05) is 46.9 Å². The van der Waals surface area contributed by atoms with Crippen molar-refractivity contribution in [3.63, 3.8) is 0 Å². The number of amides is 1. The first-order valence-electron chi connectivity index (χ1n) is 7.69. The lowest BCUT2D eigenvalue weighted by Crippen LogP contribution is -2.48. The maximum absolute atomic E-state index is 12.4. The monoisotopic (exact) mass is 284 g/mol. The Balaban J connectivity index is 1.86. The molecule has 0 N–H and O–H groups in total. The van der Waals surface area contributed by atoms with Crippen LogP contribution in [0.2, 0.25) is 0 Å². The number of ether oxygens (including phenoxy) is 2. The van der Waals surface area contributed by atoms with Crippen LogP contribution in [-0.2, 0) is 14.3 Å². The van der Waals surface area contributed by atoms with Gasteiger partial charge in [-0.2, -0.15) is 0 Å². The predicted octanol–water partition coefficient (Wildman–Crippen LogP) is 0.981. The largest absolute Gasteiger partial charge is 0.381 e. The number of nitrogens with zero attached hydrogens (tertiary/aromatic N) is 2. The summed E-state index contributed by atoms with van der Waals surface area (Å²) < 4.78 is 11.0. The van der Waals surface area contributed by atoms with E-state index in [-0.39, 0.29) is 18.1 Å². The van der Waals surface area contributed by atoms with E-state index in [4.69, 9.17) is 9.47 Å². The highest BCUT2D eigenvalue weighted by atomic mass is 16.5. The minimum Gasteiger partial charge on any atom is -0.381 e. The topological polar surface area (TPSA) is 42.0 Å². The second-order valence-electron chi connectivity index (χ2n) is 6.25. The molecule has 2 rings (SSSR count). The number of methoxy groups -OCH3 is 1. The normalized spacial score (nSPS) is 25.4. The van der Waals surface area contributed by atoms with Gasteiger partial charge < -0.3 is 19.3 Å². The zero-order valence-corrected chi connectivity index (χ0v) is 13.0. The van der Waals surface area contributed by atoms with E-state index in [1.807, 2.05) is 11.8 Å². The number of likely N-dealkylation sites (N-methyl/N-ethyl adjacent to an activating group) is 1. The molecule has 2 fully saturated rings. The Morgan fingerprint density at radius 3 is 2.80 bits per heavy atom. The summed E-state index contributed by atoms with van der Waals surface area (Å²) in [6.45, 7) is 6.20. The van der Waals surface area contributed by atoms with Gasteiger partial charge in [0.1, 0.15) is 0 Å². The molecule has 2 aliphatic rings. The summed E-state index contributed by atoms with van der Waals surface area (Å²) in [4.78, 5) is 16.7. The van der Waals surface area contributed by atoms with Crippen LogP contribution in [-0.4, -0.2) is 74.9 Å². The van der Waals surface area contributed by atoms with Crippen molar-refractivity contribution in [2.24, 2.45) is 5.92 Å². The first kappa shape index (κ1) is 15.7. The van der Waals surface area contributed by atoms with Crippen LogP contribution in [0.1, 0.15) is 26.2 Å². The molecule has 1 saturated heterocycles. The molecule has 1 aliphatic carbocycles. The highest BCUT2D eigenvalue weighted by molar-refractivity contribution is 5.76. The van der Waals surface area contributed by atoms with Crippen LogP contribution in [0.15, 0.2) is 0 Å². The molecule has 2 atom stereocenters. The quantitative estimate of drug-likeness (QED) is 0.699. The molecule has 116 valence electrons. The number of rotatable bonds is 7. The highest BCUT2D eigenvalue weighted by Crippen LogP contribution is 2.30. The minimum absolute atomic E-state index is 0.0147. The van der Waals surface area contributed by atoms with Gasteiger partial charge in [-0.05, 0) is 32.7 Å².